The molecule has 1 aliphatic rings. The highest BCUT2D eigenvalue weighted by molar-refractivity contribution is 5.76. The lowest BCUT2D eigenvalue weighted by Gasteiger charge is -2.36. The Morgan fingerprint density at radius 3 is 3.04 bits per heavy atom. The molecular formula is C16H20N4O3. The summed E-state index contributed by atoms with van der Waals surface area (Å²) in [4.78, 5) is 22.7. The van der Waals surface area contributed by atoms with E-state index >= 15 is 0 Å². The van der Waals surface area contributed by atoms with Crippen LogP contribution < -0.4 is 0 Å². The summed E-state index contributed by atoms with van der Waals surface area (Å²) in [5.41, 5.74) is 0.657. The van der Waals surface area contributed by atoms with Crippen molar-refractivity contribution >= 4 is 5.91 Å². The molecule has 3 heterocycles. The van der Waals surface area contributed by atoms with Crippen molar-refractivity contribution in [1.29, 1.82) is 0 Å². The Morgan fingerprint density at radius 2 is 2.26 bits per heavy atom. The lowest BCUT2D eigenvalue weighted by Crippen LogP contribution is -2.50. The molecule has 0 aromatic carbocycles. The highest BCUT2D eigenvalue weighted by atomic mass is 16.5. The van der Waals surface area contributed by atoms with Gasteiger partial charge in [-0.25, -0.2) is 0 Å². The summed E-state index contributed by atoms with van der Waals surface area (Å²) in [6.45, 7) is 5.18. The standard InChI is InChI=1S/C16H20N4O3/c1-11-10-22-12(2)9-20(11)15(21)7-6-14-18-16(19-23-14)13-5-3-4-8-17-13/h3-5,8,11-12H,6-7,9-10H2,1-2H3. The topological polar surface area (TPSA) is 81.4 Å². The maximum atomic E-state index is 12.4. The lowest BCUT2D eigenvalue weighted by atomic mass is 10.1. The van der Waals surface area contributed by atoms with E-state index in [1.165, 1.54) is 0 Å². The van der Waals surface area contributed by atoms with Crippen LogP contribution in [0.5, 0.6) is 0 Å². The van der Waals surface area contributed by atoms with Gasteiger partial charge in [-0.1, -0.05) is 11.2 Å². The lowest BCUT2D eigenvalue weighted by molar-refractivity contribution is -0.143. The fraction of sp³-hybridized carbons (Fsp3) is 0.500. The van der Waals surface area contributed by atoms with Crippen molar-refractivity contribution < 1.29 is 14.1 Å². The Labute approximate surface area is 134 Å². The van der Waals surface area contributed by atoms with Crippen molar-refractivity contribution in [2.45, 2.75) is 38.8 Å². The van der Waals surface area contributed by atoms with Crippen LogP contribution in [0.3, 0.4) is 0 Å². The maximum Gasteiger partial charge on any atom is 0.227 e. The quantitative estimate of drug-likeness (QED) is 0.854. The Morgan fingerprint density at radius 1 is 1.39 bits per heavy atom. The second-order valence-corrected chi connectivity index (χ2v) is 5.77. The van der Waals surface area contributed by atoms with Crippen LogP contribution in [0.25, 0.3) is 11.5 Å². The van der Waals surface area contributed by atoms with E-state index in [9.17, 15) is 4.79 Å². The Bertz CT molecular complexity index is 658. The normalized spacial score (nSPS) is 21.4. The van der Waals surface area contributed by atoms with Crippen LogP contribution in [0.4, 0.5) is 0 Å². The third-order valence-electron chi connectivity index (χ3n) is 3.84. The SMILES string of the molecule is CC1CN(C(=O)CCc2nc(-c3ccccn3)no2)C(C)CO1. The summed E-state index contributed by atoms with van der Waals surface area (Å²) in [6, 6.07) is 5.61. The number of nitrogens with zero attached hydrogens (tertiary/aromatic N) is 4. The number of carbonyl (C=O) groups excluding carboxylic acids is 1. The number of aryl methyl sites for hydroxylation is 1. The fourth-order valence-electron chi connectivity index (χ4n) is 2.56. The van der Waals surface area contributed by atoms with Gasteiger partial charge in [0, 0.05) is 25.6 Å². The molecule has 2 aromatic rings. The molecule has 0 bridgehead atoms. The van der Waals surface area contributed by atoms with Crippen LogP contribution in [-0.2, 0) is 16.0 Å². The highest BCUT2D eigenvalue weighted by Gasteiger charge is 2.27. The molecule has 0 radical (unpaired) electrons. The molecule has 2 atom stereocenters. The van der Waals surface area contributed by atoms with Crippen LogP contribution in [0.1, 0.15) is 26.2 Å². The summed E-state index contributed by atoms with van der Waals surface area (Å²) >= 11 is 0. The monoisotopic (exact) mass is 316 g/mol. The minimum absolute atomic E-state index is 0.0781. The first kappa shape index (κ1) is 15.6. The highest BCUT2D eigenvalue weighted by Crippen LogP contribution is 2.15. The third-order valence-corrected chi connectivity index (χ3v) is 3.84. The van der Waals surface area contributed by atoms with E-state index in [0.29, 0.717) is 43.4 Å². The maximum absolute atomic E-state index is 12.4. The molecule has 122 valence electrons. The van der Waals surface area contributed by atoms with Crippen molar-refractivity contribution in [2.75, 3.05) is 13.2 Å². The first-order chi connectivity index (χ1) is 11.1. The van der Waals surface area contributed by atoms with Crippen molar-refractivity contribution in [3.05, 3.63) is 30.3 Å². The van der Waals surface area contributed by atoms with Gasteiger partial charge in [0.15, 0.2) is 0 Å². The molecule has 23 heavy (non-hydrogen) atoms. The summed E-state index contributed by atoms with van der Waals surface area (Å²) in [7, 11) is 0. The number of rotatable bonds is 4. The smallest absolute Gasteiger partial charge is 0.227 e. The number of hydrogen-bond acceptors (Lipinski definition) is 6. The summed E-state index contributed by atoms with van der Waals surface area (Å²) in [5, 5.41) is 3.91. The molecule has 2 aromatic heterocycles. The largest absolute Gasteiger partial charge is 0.375 e. The average molecular weight is 316 g/mol. The number of amides is 1. The molecule has 2 unspecified atom stereocenters. The van der Waals surface area contributed by atoms with E-state index in [1.54, 1.807) is 6.20 Å². The van der Waals surface area contributed by atoms with Crippen LogP contribution in [0, 0.1) is 0 Å². The second kappa shape index (κ2) is 6.87. The van der Waals surface area contributed by atoms with Gasteiger partial charge in [0.1, 0.15) is 5.69 Å². The van der Waals surface area contributed by atoms with Gasteiger partial charge in [-0.15, -0.1) is 0 Å². The molecule has 0 aliphatic carbocycles. The van der Waals surface area contributed by atoms with Crippen LogP contribution in [-0.4, -0.2) is 51.2 Å². The number of carbonyl (C=O) groups is 1. The van der Waals surface area contributed by atoms with Gasteiger partial charge in [-0.3, -0.25) is 9.78 Å². The Kier molecular flexibility index (Phi) is 4.66. The number of aromatic nitrogens is 3. The molecule has 7 nitrogen and oxygen atoms in total. The molecule has 1 fully saturated rings. The van der Waals surface area contributed by atoms with Gasteiger partial charge in [0.25, 0.3) is 0 Å². The molecule has 1 amide bonds. The summed E-state index contributed by atoms with van der Waals surface area (Å²) in [6.07, 6.45) is 2.53. The van der Waals surface area contributed by atoms with E-state index in [1.807, 2.05) is 36.9 Å². The van der Waals surface area contributed by atoms with Crippen LogP contribution in [0.15, 0.2) is 28.9 Å². The van der Waals surface area contributed by atoms with Gasteiger partial charge < -0.3 is 14.2 Å². The van der Waals surface area contributed by atoms with Crippen LogP contribution >= 0.6 is 0 Å². The number of hydrogen-bond donors (Lipinski definition) is 0. The zero-order valence-electron chi connectivity index (χ0n) is 13.3. The van der Waals surface area contributed by atoms with Gasteiger partial charge in [0.2, 0.25) is 17.6 Å². The van der Waals surface area contributed by atoms with E-state index in [0.717, 1.165) is 0 Å². The van der Waals surface area contributed by atoms with E-state index in [4.69, 9.17) is 9.26 Å². The number of pyridine rings is 1. The van der Waals surface area contributed by atoms with Crippen molar-refractivity contribution in [3.8, 4) is 11.5 Å². The predicted molar refractivity (Wildman–Crippen MR) is 82.4 cm³/mol. The van der Waals surface area contributed by atoms with Gasteiger partial charge in [-0.2, -0.15) is 4.98 Å². The van der Waals surface area contributed by atoms with Crippen LogP contribution in [0.2, 0.25) is 0 Å². The molecule has 0 saturated carbocycles. The molecule has 0 spiro atoms. The first-order valence-electron chi connectivity index (χ1n) is 7.78. The van der Waals surface area contributed by atoms with E-state index < -0.39 is 0 Å². The second-order valence-electron chi connectivity index (χ2n) is 5.77. The molecule has 0 N–H and O–H groups in total. The Hall–Kier alpha value is -2.28. The molecule has 3 rings (SSSR count). The minimum Gasteiger partial charge on any atom is -0.375 e. The van der Waals surface area contributed by atoms with Crippen molar-refractivity contribution in [1.82, 2.24) is 20.0 Å². The predicted octanol–water partition coefficient (Wildman–Crippen LogP) is 1.70. The zero-order chi connectivity index (χ0) is 16.2. The van der Waals surface area contributed by atoms with Gasteiger partial charge in [0.05, 0.1) is 18.8 Å². The Balaban J connectivity index is 1.58. The molecule has 1 saturated heterocycles. The summed E-state index contributed by atoms with van der Waals surface area (Å²) < 4.78 is 10.8. The number of morpholine rings is 1. The number of ether oxygens (including phenoxy) is 1. The zero-order valence-corrected chi connectivity index (χ0v) is 13.3. The van der Waals surface area contributed by atoms with Crippen molar-refractivity contribution in [2.24, 2.45) is 0 Å². The third kappa shape index (κ3) is 3.73. The molecular weight excluding hydrogens is 296 g/mol. The minimum atomic E-state index is 0.0781. The van der Waals surface area contributed by atoms with E-state index in [-0.39, 0.29) is 18.1 Å². The first-order valence-corrected chi connectivity index (χ1v) is 7.78. The molecule has 7 heteroatoms. The molecule has 1 aliphatic heterocycles. The average Bonchev–Trinajstić information content (AvgIpc) is 3.05. The van der Waals surface area contributed by atoms with Gasteiger partial charge in [-0.05, 0) is 26.0 Å². The summed E-state index contributed by atoms with van der Waals surface area (Å²) in [5.74, 6) is 0.986. The fourth-order valence-corrected chi connectivity index (χ4v) is 2.56. The van der Waals surface area contributed by atoms with Crippen molar-refractivity contribution in [3.63, 3.8) is 0 Å². The van der Waals surface area contributed by atoms with Gasteiger partial charge >= 0.3 is 0 Å². The van der Waals surface area contributed by atoms with E-state index in [2.05, 4.69) is 15.1 Å².